The van der Waals surface area contributed by atoms with E-state index in [9.17, 15) is 19.2 Å². The highest BCUT2D eigenvalue weighted by molar-refractivity contribution is 6.07. The van der Waals surface area contributed by atoms with Gasteiger partial charge in [-0.3, -0.25) is 4.79 Å². The Kier molecular flexibility index (Phi) is 7.49. The van der Waals surface area contributed by atoms with Gasteiger partial charge >= 0.3 is 11.9 Å². The average molecular weight is 287 g/mol. The Hall–Kier alpha value is -1.92. The lowest BCUT2D eigenvalue weighted by molar-refractivity contribution is -0.169. The van der Waals surface area contributed by atoms with Crippen LogP contribution in [0.1, 0.15) is 34.1 Å². The Morgan fingerprint density at radius 3 is 1.90 bits per heavy atom. The summed E-state index contributed by atoms with van der Waals surface area (Å²) in [5.74, 6) is -3.08. The zero-order valence-electron chi connectivity index (χ0n) is 12.2. The van der Waals surface area contributed by atoms with Crippen molar-refractivity contribution in [3.63, 3.8) is 0 Å². The monoisotopic (exact) mass is 287 g/mol. The Morgan fingerprint density at radius 1 is 1.15 bits per heavy atom. The quantitative estimate of drug-likeness (QED) is 0.389. The van der Waals surface area contributed by atoms with Crippen LogP contribution in [0.25, 0.3) is 0 Å². The van der Waals surface area contributed by atoms with Crippen LogP contribution in [-0.4, -0.2) is 42.9 Å². The van der Waals surface area contributed by atoms with Crippen LogP contribution in [-0.2, 0) is 28.7 Å². The molecule has 0 bridgehead atoms. The van der Waals surface area contributed by atoms with Crippen LogP contribution in [0.15, 0.2) is 0 Å². The fourth-order valence-corrected chi connectivity index (χ4v) is 1.74. The van der Waals surface area contributed by atoms with Crippen molar-refractivity contribution < 1.29 is 28.7 Å². The normalized spacial score (nSPS) is 12.2. The second-order valence-corrected chi connectivity index (χ2v) is 4.34. The number of carbonyl (C=O) groups excluding carboxylic acids is 4. The molecular weight excluding hydrogens is 266 g/mol. The third kappa shape index (κ3) is 4.64. The topological polar surface area (TPSA) is 98.8 Å². The van der Waals surface area contributed by atoms with Crippen molar-refractivity contribution in [2.24, 2.45) is 5.92 Å². The number of hydrogen-bond acceptors (Lipinski definition) is 6. The molecular formula is C13H21NO6. The highest BCUT2D eigenvalue weighted by Gasteiger charge is 2.50. The maximum absolute atomic E-state index is 12.1. The fraction of sp³-hybridized carbons (Fsp3) is 0.692. The molecule has 1 N–H and O–H groups in total. The fourth-order valence-electron chi connectivity index (χ4n) is 1.74. The average Bonchev–Trinajstić information content (AvgIpc) is 2.37. The summed E-state index contributed by atoms with van der Waals surface area (Å²) < 4.78 is 9.70. The van der Waals surface area contributed by atoms with E-state index in [1.54, 1.807) is 13.8 Å². The number of amides is 1. The molecule has 0 aliphatic carbocycles. The van der Waals surface area contributed by atoms with Crippen molar-refractivity contribution in [3.8, 4) is 0 Å². The Labute approximate surface area is 118 Å². The number of ether oxygens (including phenoxy) is 2. The van der Waals surface area contributed by atoms with Crippen LogP contribution in [0.5, 0.6) is 0 Å². The van der Waals surface area contributed by atoms with Crippen molar-refractivity contribution in [1.82, 2.24) is 5.32 Å². The Balaban J connectivity index is 5.60. The van der Waals surface area contributed by atoms with Crippen molar-refractivity contribution in [2.45, 2.75) is 39.7 Å². The van der Waals surface area contributed by atoms with E-state index in [0.29, 0.717) is 6.29 Å². The molecule has 0 rings (SSSR count). The van der Waals surface area contributed by atoms with Gasteiger partial charge in [0.25, 0.3) is 0 Å². The van der Waals surface area contributed by atoms with Gasteiger partial charge in [0.1, 0.15) is 6.29 Å². The molecule has 0 aliphatic heterocycles. The SMILES string of the molecule is CCOC(=O)C(CC(C)C=O)(NC(C)=O)C(=O)OCC. The van der Waals surface area contributed by atoms with Crippen LogP contribution in [0, 0.1) is 5.92 Å². The summed E-state index contributed by atoms with van der Waals surface area (Å²) in [6.07, 6.45) is 0.378. The van der Waals surface area contributed by atoms with Gasteiger partial charge in [0, 0.05) is 19.3 Å². The Bertz CT molecular complexity index is 361. The molecule has 0 fully saturated rings. The van der Waals surface area contributed by atoms with Crippen molar-refractivity contribution in [3.05, 3.63) is 0 Å². The molecule has 7 nitrogen and oxygen atoms in total. The first-order valence-corrected chi connectivity index (χ1v) is 6.42. The van der Waals surface area contributed by atoms with Crippen LogP contribution in [0.4, 0.5) is 0 Å². The van der Waals surface area contributed by atoms with Gasteiger partial charge < -0.3 is 19.6 Å². The minimum atomic E-state index is -1.99. The second kappa shape index (κ2) is 8.29. The van der Waals surface area contributed by atoms with Crippen LogP contribution >= 0.6 is 0 Å². The third-order valence-corrected chi connectivity index (χ3v) is 2.50. The summed E-state index contributed by atoms with van der Waals surface area (Å²) in [4.78, 5) is 46.4. The number of hydrogen-bond donors (Lipinski definition) is 1. The number of rotatable bonds is 8. The summed E-state index contributed by atoms with van der Waals surface area (Å²) in [6.45, 7) is 5.92. The maximum atomic E-state index is 12.1. The van der Waals surface area contributed by atoms with Crippen molar-refractivity contribution in [2.75, 3.05) is 13.2 Å². The summed E-state index contributed by atoms with van der Waals surface area (Å²) in [6, 6.07) is 0. The van der Waals surface area contributed by atoms with Gasteiger partial charge in [-0.2, -0.15) is 0 Å². The predicted molar refractivity (Wildman–Crippen MR) is 69.7 cm³/mol. The van der Waals surface area contributed by atoms with Gasteiger partial charge in [-0.05, 0) is 13.8 Å². The van der Waals surface area contributed by atoms with E-state index in [2.05, 4.69) is 5.32 Å². The van der Waals surface area contributed by atoms with E-state index >= 15 is 0 Å². The minimum Gasteiger partial charge on any atom is -0.464 e. The largest absolute Gasteiger partial charge is 0.464 e. The standard InChI is InChI=1S/C13H21NO6/c1-5-19-11(17)13(14-10(4)16,7-9(3)8-15)12(18)20-6-2/h8-9H,5-7H2,1-4H3,(H,14,16). The summed E-state index contributed by atoms with van der Waals surface area (Å²) in [7, 11) is 0. The van der Waals surface area contributed by atoms with Gasteiger partial charge in [-0.25, -0.2) is 9.59 Å². The van der Waals surface area contributed by atoms with E-state index in [1.165, 1.54) is 13.8 Å². The summed E-state index contributed by atoms with van der Waals surface area (Å²) >= 11 is 0. The molecule has 20 heavy (non-hydrogen) atoms. The lowest BCUT2D eigenvalue weighted by atomic mass is 9.88. The van der Waals surface area contributed by atoms with Gasteiger partial charge in [-0.1, -0.05) is 6.92 Å². The molecule has 1 amide bonds. The van der Waals surface area contributed by atoms with E-state index in [0.717, 1.165) is 0 Å². The molecule has 0 heterocycles. The van der Waals surface area contributed by atoms with Crippen LogP contribution in [0.2, 0.25) is 0 Å². The van der Waals surface area contributed by atoms with Crippen molar-refractivity contribution >= 4 is 24.1 Å². The molecule has 1 unspecified atom stereocenters. The molecule has 0 spiro atoms. The van der Waals surface area contributed by atoms with E-state index < -0.39 is 29.3 Å². The second-order valence-electron chi connectivity index (χ2n) is 4.34. The number of esters is 2. The highest BCUT2D eigenvalue weighted by atomic mass is 16.6. The molecule has 1 atom stereocenters. The zero-order valence-corrected chi connectivity index (χ0v) is 12.2. The number of nitrogens with one attached hydrogen (secondary N) is 1. The zero-order chi connectivity index (χ0) is 15.8. The molecule has 7 heteroatoms. The van der Waals surface area contributed by atoms with Gasteiger partial charge in [-0.15, -0.1) is 0 Å². The smallest absolute Gasteiger partial charge is 0.343 e. The molecule has 0 aromatic rings. The van der Waals surface area contributed by atoms with Crippen LogP contribution in [0.3, 0.4) is 0 Å². The molecule has 0 saturated heterocycles. The summed E-state index contributed by atoms with van der Waals surface area (Å²) in [5.41, 5.74) is -1.99. The first-order chi connectivity index (χ1) is 9.33. The van der Waals surface area contributed by atoms with E-state index in [1.807, 2.05) is 0 Å². The number of aldehydes is 1. The lowest BCUT2D eigenvalue weighted by Crippen LogP contribution is -2.61. The molecule has 114 valence electrons. The molecule has 0 aliphatic rings. The minimum absolute atomic E-state index is 0.0367. The molecule has 0 saturated carbocycles. The van der Waals surface area contributed by atoms with Gasteiger partial charge in [0.2, 0.25) is 11.4 Å². The third-order valence-electron chi connectivity index (χ3n) is 2.50. The first kappa shape index (κ1) is 18.1. The first-order valence-electron chi connectivity index (χ1n) is 6.42. The Morgan fingerprint density at radius 2 is 1.60 bits per heavy atom. The molecule has 0 radical (unpaired) electrons. The summed E-state index contributed by atoms with van der Waals surface area (Å²) in [5, 5.41) is 2.28. The lowest BCUT2D eigenvalue weighted by Gasteiger charge is -2.30. The molecule has 0 aromatic heterocycles. The highest BCUT2D eigenvalue weighted by Crippen LogP contribution is 2.21. The van der Waals surface area contributed by atoms with E-state index in [4.69, 9.17) is 9.47 Å². The van der Waals surface area contributed by atoms with Gasteiger partial charge in [0.05, 0.1) is 13.2 Å². The number of carbonyl (C=O) groups is 4. The van der Waals surface area contributed by atoms with Crippen LogP contribution < -0.4 is 5.32 Å². The van der Waals surface area contributed by atoms with Gasteiger partial charge in [0.15, 0.2) is 0 Å². The van der Waals surface area contributed by atoms with Crippen molar-refractivity contribution in [1.29, 1.82) is 0 Å². The maximum Gasteiger partial charge on any atom is 0.343 e. The van der Waals surface area contributed by atoms with E-state index in [-0.39, 0.29) is 19.6 Å². The predicted octanol–water partition coefficient (Wildman–Crippen LogP) is 0.213. The molecule has 0 aromatic carbocycles.